The van der Waals surface area contributed by atoms with E-state index in [1.54, 1.807) is 40.7 Å². The number of carbonyl (C=O) groups is 3. The van der Waals surface area contributed by atoms with Gasteiger partial charge in [-0.15, -0.1) is 0 Å². The lowest BCUT2D eigenvalue weighted by Crippen LogP contribution is -2.49. The van der Waals surface area contributed by atoms with Crippen LogP contribution in [0.1, 0.15) is 66.7 Å². The maximum absolute atomic E-state index is 13.0. The van der Waals surface area contributed by atoms with Crippen LogP contribution in [0, 0.1) is 11.8 Å². The van der Waals surface area contributed by atoms with Crippen LogP contribution in [0.3, 0.4) is 0 Å². The Kier molecular flexibility index (Phi) is 8.82. The molecule has 0 spiro atoms. The summed E-state index contributed by atoms with van der Waals surface area (Å²) in [7, 11) is 0. The van der Waals surface area contributed by atoms with Crippen molar-refractivity contribution in [1.82, 2.24) is 5.32 Å². The molecule has 0 radical (unpaired) electrons. The molecule has 0 aromatic rings. The van der Waals surface area contributed by atoms with Crippen LogP contribution < -0.4 is 5.32 Å². The second kappa shape index (κ2) is 10.3. The molecule has 1 fully saturated rings. The summed E-state index contributed by atoms with van der Waals surface area (Å²) in [6.07, 6.45) is 7.20. The Hall–Kier alpha value is -1.85. The molecule has 0 unspecified atom stereocenters. The van der Waals surface area contributed by atoms with E-state index in [1.807, 2.05) is 0 Å². The predicted molar refractivity (Wildman–Crippen MR) is 99.7 cm³/mol. The maximum Gasteiger partial charge on any atom is 0.408 e. The molecule has 6 nitrogen and oxygen atoms in total. The third-order valence-corrected chi connectivity index (χ3v) is 4.33. The Labute approximate surface area is 156 Å². The molecule has 1 aliphatic rings. The van der Waals surface area contributed by atoms with Crippen LogP contribution in [0.4, 0.5) is 4.79 Å². The van der Waals surface area contributed by atoms with Gasteiger partial charge in [0.15, 0.2) is 5.78 Å². The highest BCUT2D eigenvalue weighted by molar-refractivity contribution is 5.90. The van der Waals surface area contributed by atoms with Crippen LogP contribution in [0.15, 0.2) is 12.2 Å². The van der Waals surface area contributed by atoms with Gasteiger partial charge in [-0.2, -0.15) is 0 Å². The van der Waals surface area contributed by atoms with E-state index in [1.165, 1.54) is 6.08 Å². The Balaban J connectivity index is 2.87. The van der Waals surface area contributed by atoms with Crippen LogP contribution in [-0.4, -0.2) is 36.1 Å². The fourth-order valence-corrected chi connectivity index (χ4v) is 3.07. The van der Waals surface area contributed by atoms with E-state index in [-0.39, 0.29) is 24.2 Å². The number of amides is 1. The minimum atomic E-state index is -0.723. The molecule has 0 aromatic heterocycles. The third kappa shape index (κ3) is 8.02. The van der Waals surface area contributed by atoms with Crippen molar-refractivity contribution < 1.29 is 23.9 Å². The smallest absolute Gasteiger partial charge is 0.408 e. The molecule has 148 valence electrons. The number of ether oxygens (including phenoxy) is 2. The van der Waals surface area contributed by atoms with Crippen molar-refractivity contribution in [2.45, 2.75) is 78.4 Å². The van der Waals surface area contributed by atoms with E-state index in [9.17, 15) is 14.4 Å². The average Bonchev–Trinajstić information content (AvgIpc) is 2.56. The summed E-state index contributed by atoms with van der Waals surface area (Å²) < 4.78 is 10.2. The predicted octanol–water partition coefficient (Wildman–Crippen LogP) is 3.78. The van der Waals surface area contributed by atoms with Crippen molar-refractivity contribution in [2.24, 2.45) is 11.8 Å². The molecule has 1 amide bonds. The normalized spacial score (nSPS) is 18.2. The quantitative estimate of drug-likeness (QED) is 0.547. The summed E-state index contributed by atoms with van der Waals surface area (Å²) in [6.45, 7) is 9.14. The molecule has 2 atom stereocenters. The van der Waals surface area contributed by atoms with Crippen molar-refractivity contribution in [3.05, 3.63) is 12.2 Å². The summed E-state index contributed by atoms with van der Waals surface area (Å²) in [5.74, 6) is -0.847. The van der Waals surface area contributed by atoms with E-state index in [2.05, 4.69) is 5.32 Å². The van der Waals surface area contributed by atoms with Crippen molar-refractivity contribution in [3.63, 3.8) is 0 Å². The molecule has 1 N–H and O–H groups in total. The first kappa shape index (κ1) is 22.2. The molecule has 1 aliphatic carbocycles. The highest BCUT2D eigenvalue weighted by Crippen LogP contribution is 2.27. The molecular weight excluding hydrogens is 334 g/mol. The third-order valence-electron chi connectivity index (χ3n) is 4.33. The van der Waals surface area contributed by atoms with Gasteiger partial charge >= 0.3 is 12.1 Å². The summed E-state index contributed by atoms with van der Waals surface area (Å²) in [6, 6.07) is -0.723. The van der Waals surface area contributed by atoms with Crippen molar-refractivity contribution >= 4 is 17.8 Å². The van der Waals surface area contributed by atoms with Gasteiger partial charge < -0.3 is 14.8 Å². The van der Waals surface area contributed by atoms with Gasteiger partial charge in [0.25, 0.3) is 0 Å². The summed E-state index contributed by atoms with van der Waals surface area (Å²) >= 11 is 0. The van der Waals surface area contributed by atoms with Crippen LogP contribution in [0.5, 0.6) is 0 Å². The van der Waals surface area contributed by atoms with Crippen LogP contribution >= 0.6 is 0 Å². The molecule has 1 saturated carbocycles. The van der Waals surface area contributed by atoms with E-state index in [4.69, 9.17) is 9.47 Å². The van der Waals surface area contributed by atoms with Gasteiger partial charge in [0.2, 0.25) is 0 Å². The number of nitrogens with one attached hydrogen (secondary N) is 1. The van der Waals surface area contributed by atoms with Crippen LogP contribution in [0.25, 0.3) is 0 Å². The Morgan fingerprint density at radius 3 is 2.31 bits per heavy atom. The molecule has 26 heavy (non-hydrogen) atoms. The average molecular weight is 367 g/mol. The SMILES string of the molecule is CCOC(=O)/C=C/[C@H](C)[C@H](NC(=O)OC(C)(C)C)C(=O)C1CCCCC1. The lowest BCUT2D eigenvalue weighted by Gasteiger charge is -2.29. The van der Waals surface area contributed by atoms with Crippen molar-refractivity contribution in [3.8, 4) is 0 Å². The first-order valence-corrected chi connectivity index (χ1v) is 9.52. The molecule has 0 aliphatic heterocycles. The van der Waals surface area contributed by atoms with E-state index < -0.39 is 23.7 Å². The van der Waals surface area contributed by atoms with Gasteiger partial charge in [0.1, 0.15) is 5.60 Å². The van der Waals surface area contributed by atoms with Gasteiger partial charge in [-0.25, -0.2) is 9.59 Å². The summed E-state index contributed by atoms with van der Waals surface area (Å²) in [5.41, 5.74) is -0.646. The number of alkyl carbamates (subject to hydrolysis) is 1. The standard InChI is InChI=1S/C20H33NO5/c1-6-25-16(22)13-12-14(2)17(21-19(24)26-20(3,4)5)18(23)15-10-8-7-9-11-15/h12-15,17H,6-11H2,1-5H3,(H,21,24)/b13-12+/t14-,17-/m0/s1. The van der Waals surface area contributed by atoms with E-state index >= 15 is 0 Å². The fraction of sp³-hybridized carbons (Fsp3) is 0.750. The summed E-state index contributed by atoms with van der Waals surface area (Å²) in [4.78, 5) is 36.7. The molecule has 0 saturated heterocycles. The van der Waals surface area contributed by atoms with Gasteiger partial charge in [0.05, 0.1) is 12.6 Å². The van der Waals surface area contributed by atoms with Gasteiger partial charge in [-0.1, -0.05) is 32.3 Å². The number of rotatable bonds is 7. The molecule has 1 rings (SSSR count). The van der Waals surface area contributed by atoms with Crippen molar-refractivity contribution in [2.75, 3.05) is 6.61 Å². The molecule has 6 heteroatoms. The monoisotopic (exact) mass is 367 g/mol. The maximum atomic E-state index is 13.0. The van der Waals surface area contributed by atoms with Gasteiger partial charge in [0, 0.05) is 17.9 Å². The number of esters is 1. The Bertz CT molecular complexity index is 515. The van der Waals surface area contributed by atoms with Crippen molar-refractivity contribution in [1.29, 1.82) is 0 Å². The minimum absolute atomic E-state index is 0.0107. The summed E-state index contributed by atoms with van der Waals surface area (Å²) in [5, 5.41) is 2.71. The highest BCUT2D eigenvalue weighted by Gasteiger charge is 2.33. The number of carbonyl (C=O) groups excluding carboxylic acids is 3. The van der Waals surface area contributed by atoms with Crippen LogP contribution in [-0.2, 0) is 19.1 Å². The molecular formula is C20H33NO5. The van der Waals surface area contributed by atoms with Gasteiger partial charge in [-0.3, -0.25) is 4.79 Å². The number of hydrogen-bond donors (Lipinski definition) is 1. The zero-order valence-corrected chi connectivity index (χ0v) is 16.7. The number of hydrogen-bond acceptors (Lipinski definition) is 5. The number of ketones is 1. The van der Waals surface area contributed by atoms with E-state index in [0.29, 0.717) is 0 Å². The van der Waals surface area contributed by atoms with Crippen LogP contribution in [0.2, 0.25) is 0 Å². The second-order valence-electron chi connectivity index (χ2n) is 7.83. The lowest BCUT2D eigenvalue weighted by molar-refractivity contribution is -0.137. The highest BCUT2D eigenvalue weighted by atomic mass is 16.6. The Morgan fingerprint density at radius 2 is 1.77 bits per heavy atom. The first-order chi connectivity index (χ1) is 12.1. The first-order valence-electron chi connectivity index (χ1n) is 9.52. The second-order valence-corrected chi connectivity index (χ2v) is 7.83. The minimum Gasteiger partial charge on any atom is -0.463 e. The largest absolute Gasteiger partial charge is 0.463 e. The Morgan fingerprint density at radius 1 is 1.15 bits per heavy atom. The molecule has 0 heterocycles. The zero-order valence-electron chi connectivity index (χ0n) is 16.7. The number of Topliss-reactive ketones (excluding diaryl/α,β-unsaturated/α-hetero) is 1. The molecule has 0 bridgehead atoms. The van der Waals surface area contributed by atoms with E-state index in [0.717, 1.165) is 32.1 Å². The van der Waals surface area contributed by atoms with Gasteiger partial charge in [-0.05, 0) is 40.5 Å². The zero-order chi connectivity index (χ0) is 19.7. The fourth-order valence-electron chi connectivity index (χ4n) is 3.07. The molecule has 0 aromatic carbocycles. The topological polar surface area (TPSA) is 81.7 Å². The lowest BCUT2D eigenvalue weighted by atomic mass is 9.81.